The lowest BCUT2D eigenvalue weighted by Crippen LogP contribution is -2.22. The molecule has 0 aliphatic rings. The van der Waals surface area contributed by atoms with Crippen molar-refractivity contribution in [1.82, 2.24) is 10.3 Å². The van der Waals surface area contributed by atoms with Crippen molar-refractivity contribution in [2.75, 3.05) is 7.11 Å². The van der Waals surface area contributed by atoms with E-state index in [1.165, 1.54) is 5.56 Å². The first-order valence-electron chi connectivity index (χ1n) is 6.42. The molecule has 2 rings (SSSR count). The number of nitrogens with zero attached hydrogens (tertiary/aromatic N) is 1. The molecule has 102 valence electrons. The van der Waals surface area contributed by atoms with E-state index in [-0.39, 0.29) is 12.1 Å². The molecule has 0 aliphatic carbocycles. The predicted octanol–water partition coefficient (Wildman–Crippen LogP) is 3.87. The van der Waals surface area contributed by atoms with Crippen LogP contribution in [0.5, 0.6) is 5.75 Å². The molecule has 0 bridgehead atoms. The Kier molecular flexibility index (Phi) is 4.56. The summed E-state index contributed by atoms with van der Waals surface area (Å²) < 4.78 is 5.17. The van der Waals surface area contributed by atoms with E-state index in [0.717, 1.165) is 16.5 Å². The van der Waals surface area contributed by atoms with Gasteiger partial charge in [-0.15, -0.1) is 11.3 Å². The van der Waals surface area contributed by atoms with Crippen molar-refractivity contribution in [3.05, 3.63) is 45.9 Å². The van der Waals surface area contributed by atoms with E-state index in [1.807, 2.05) is 19.1 Å². The number of aryl methyl sites for hydroxylation is 1. The maximum atomic E-state index is 5.17. The molecule has 1 aromatic heterocycles. The smallest absolute Gasteiger partial charge is 0.118 e. The van der Waals surface area contributed by atoms with Gasteiger partial charge in [-0.2, -0.15) is 0 Å². The zero-order valence-corrected chi connectivity index (χ0v) is 12.6. The number of nitrogens with one attached hydrogen (secondary N) is 1. The van der Waals surface area contributed by atoms with E-state index in [4.69, 9.17) is 4.74 Å². The SMILES string of the molecule is COc1ccc([C@H](C)NC(C)c2csc(C)n2)cc1. The third-order valence-corrected chi connectivity index (χ3v) is 3.99. The summed E-state index contributed by atoms with van der Waals surface area (Å²) in [7, 11) is 1.68. The molecular weight excluding hydrogens is 256 g/mol. The molecule has 0 amide bonds. The zero-order valence-electron chi connectivity index (χ0n) is 11.8. The van der Waals surface area contributed by atoms with Crippen LogP contribution in [0.15, 0.2) is 29.6 Å². The Labute approximate surface area is 118 Å². The fourth-order valence-electron chi connectivity index (χ4n) is 2.03. The van der Waals surface area contributed by atoms with Crippen LogP contribution in [0.1, 0.15) is 42.2 Å². The molecule has 0 saturated heterocycles. The number of rotatable bonds is 5. The van der Waals surface area contributed by atoms with Crippen molar-refractivity contribution in [1.29, 1.82) is 0 Å². The van der Waals surface area contributed by atoms with Crippen LogP contribution >= 0.6 is 11.3 Å². The summed E-state index contributed by atoms with van der Waals surface area (Å²) in [6.07, 6.45) is 0. The average molecular weight is 276 g/mol. The van der Waals surface area contributed by atoms with Crippen LogP contribution in [0.25, 0.3) is 0 Å². The second-order valence-corrected chi connectivity index (χ2v) is 5.74. The number of methoxy groups -OCH3 is 1. The van der Waals surface area contributed by atoms with Crippen LogP contribution in [0.4, 0.5) is 0 Å². The Morgan fingerprint density at radius 2 is 1.84 bits per heavy atom. The monoisotopic (exact) mass is 276 g/mol. The second-order valence-electron chi connectivity index (χ2n) is 4.67. The summed E-state index contributed by atoms with van der Waals surface area (Å²) in [6, 6.07) is 8.70. The topological polar surface area (TPSA) is 34.1 Å². The van der Waals surface area contributed by atoms with Gasteiger partial charge in [0.25, 0.3) is 0 Å². The normalized spacial score (nSPS) is 14.1. The van der Waals surface area contributed by atoms with Gasteiger partial charge in [0.1, 0.15) is 5.75 Å². The summed E-state index contributed by atoms with van der Waals surface area (Å²) in [5.74, 6) is 0.888. The van der Waals surface area contributed by atoms with Gasteiger partial charge in [-0.1, -0.05) is 12.1 Å². The van der Waals surface area contributed by atoms with Crippen molar-refractivity contribution in [3.8, 4) is 5.75 Å². The van der Waals surface area contributed by atoms with Gasteiger partial charge in [-0.3, -0.25) is 0 Å². The maximum Gasteiger partial charge on any atom is 0.118 e. The second kappa shape index (κ2) is 6.17. The van der Waals surface area contributed by atoms with E-state index in [0.29, 0.717) is 0 Å². The first-order chi connectivity index (χ1) is 9.10. The van der Waals surface area contributed by atoms with Crippen LogP contribution in [-0.2, 0) is 0 Å². The van der Waals surface area contributed by atoms with E-state index in [2.05, 4.69) is 41.7 Å². The quantitative estimate of drug-likeness (QED) is 0.900. The minimum atomic E-state index is 0.252. The van der Waals surface area contributed by atoms with Crippen molar-refractivity contribution >= 4 is 11.3 Å². The maximum absolute atomic E-state index is 5.17. The molecule has 19 heavy (non-hydrogen) atoms. The Bertz CT molecular complexity index is 521. The van der Waals surface area contributed by atoms with Crippen LogP contribution in [0, 0.1) is 6.92 Å². The summed E-state index contributed by atoms with van der Waals surface area (Å²) in [4.78, 5) is 4.52. The highest BCUT2D eigenvalue weighted by atomic mass is 32.1. The van der Waals surface area contributed by atoms with Crippen molar-refractivity contribution in [2.45, 2.75) is 32.9 Å². The van der Waals surface area contributed by atoms with Crippen LogP contribution in [0.2, 0.25) is 0 Å². The minimum absolute atomic E-state index is 0.252. The molecule has 0 saturated carbocycles. The van der Waals surface area contributed by atoms with Crippen LogP contribution in [-0.4, -0.2) is 12.1 Å². The Morgan fingerprint density at radius 1 is 1.16 bits per heavy atom. The summed E-state index contributed by atoms with van der Waals surface area (Å²) in [5.41, 5.74) is 2.36. The fourth-order valence-corrected chi connectivity index (χ4v) is 2.73. The highest BCUT2D eigenvalue weighted by Gasteiger charge is 2.13. The highest BCUT2D eigenvalue weighted by molar-refractivity contribution is 7.09. The molecule has 2 atom stereocenters. The van der Waals surface area contributed by atoms with Crippen molar-refractivity contribution in [2.24, 2.45) is 0 Å². The van der Waals surface area contributed by atoms with E-state index < -0.39 is 0 Å². The van der Waals surface area contributed by atoms with Gasteiger partial charge in [-0.25, -0.2) is 4.98 Å². The third-order valence-electron chi connectivity index (χ3n) is 3.20. The Balaban J connectivity index is 2.01. The number of thiazole rings is 1. The third kappa shape index (κ3) is 3.55. The largest absolute Gasteiger partial charge is 0.497 e. The fraction of sp³-hybridized carbons (Fsp3) is 0.400. The molecule has 4 heteroatoms. The van der Waals surface area contributed by atoms with Gasteiger partial charge >= 0.3 is 0 Å². The van der Waals surface area contributed by atoms with E-state index >= 15 is 0 Å². The molecule has 0 radical (unpaired) electrons. The highest BCUT2D eigenvalue weighted by Crippen LogP contribution is 2.22. The summed E-state index contributed by atoms with van der Waals surface area (Å²) >= 11 is 1.69. The lowest BCUT2D eigenvalue weighted by Gasteiger charge is -2.19. The van der Waals surface area contributed by atoms with E-state index in [1.54, 1.807) is 18.4 Å². The molecular formula is C15H20N2OS. The van der Waals surface area contributed by atoms with Gasteiger partial charge in [-0.05, 0) is 38.5 Å². The van der Waals surface area contributed by atoms with Gasteiger partial charge in [0.15, 0.2) is 0 Å². The molecule has 0 fully saturated rings. The lowest BCUT2D eigenvalue weighted by atomic mass is 10.1. The minimum Gasteiger partial charge on any atom is -0.497 e. The first-order valence-corrected chi connectivity index (χ1v) is 7.30. The van der Waals surface area contributed by atoms with Gasteiger partial charge in [0.2, 0.25) is 0 Å². The molecule has 1 aromatic carbocycles. The molecule has 0 aliphatic heterocycles. The Morgan fingerprint density at radius 3 is 2.37 bits per heavy atom. The van der Waals surface area contributed by atoms with Crippen molar-refractivity contribution < 1.29 is 4.74 Å². The van der Waals surface area contributed by atoms with E-state index in [9.17, 15) is 0 Å². The molecule has 1 N–H and O–H groups in total. The van der Waals surface area contributed by atoms with Crippen LogP contribution < -0.4 is 10.1 Å². The van der Waals surface area contributed by atoms with Gasteiger partial charge < -0.3 is 10.1 Å². The first kappa shape index (κ1) is 14.0. The standard InChI is InChI=1S/C15H20N2OS/c1-10(13-5-7-14(18-4)8-6-13)16-11(2)15-9-19-12(3)17-15/h5-11,16H,1-4H3/t10-,11?/m0/s1. The van der Waals surface area contributed by atoms with Crippen LogP contribution in [0.3, 0.4) is 0 Å². The van der Waals surface area contributed by atoms with Gasteiger partial charge in [0, 0.05) is 17.5 Å². The number of hydrogen-bond acceptors (Lipinski definition) is 4. The number of ether oxygens (including phenoxy) is 1. The predicted molar refractivity (Wildman–Crippen MR) is 79.8 cm³/mol. The molecule has 1 unspecified atom stereocenters. The molecule has 3 nitrogen and oxygen atoms in total. The van der Waals surface area contributed by atoms with Crippen molar-refractivity contribution in [3.63, 3.8) is 0 Å². The zero-order chi connectivity index (χ0) is 13.8. The average Bonchev–Trinajstić information content (AvgIpc) is 2.85. The molecule has 1 heterocycles. The number of aromatic nitrogens is 1. The molecule has 0 spiro atoms. The molecule has 2 aromatic rings. The lowest BCUT2D eigenvalue weighted by molar-refractivity contribution is 0.414. The summed E-state index contributed by atoms with van der Waals surface area (Å²) in [6.45, 7) is 6.35. The summed E-state index contributed by atoms with van der Waals surface area (Å²) in [5, 5.41) is 6.80. The number of hydrogen-bond donors (Lipinski definition) is 1. The Hall–Kier alpha value is -1.39. The number of benzene rings is 1. The van der Waals surface area contributed by atoms with Gasteiger partial charge in [0.05, 0.1) is 17.8 Å².